The van der Waals surface area contributed by atoms with Crippen molar-refractivity contribution in [1.29, 1.82) is 0 Å². The van der Waals surface area contributed by atoms with E-state index >= 15 is 0 Å². The molecule has 0 saturated carbocycles. The van der Waals surface area contributed by atoms with Crippen LogP contribution >= 0.6 is 0 Å². The molecule has 0 unspecified atom stereocenters. The Labute approximate surface area is 153 Å². The Balaban J connectivity index is 1.62. The van der Waals surface area contributed by atoms with E-state index in [1.165, 1.54) is 6.07 Å². The maximum absolute atomic E-state index is 13.5. The molecule has 140 valence electrons. The Morgan fingerprint density at radius 2 is 2.07 bits per heavy atom. The van der Waals surface area contributed by atoms with Crippen LogP contribution in [0.15, 0.2) is 36.7 Å². The number of carbonyl (C=O) groups excluding carboxylic acids is 1. The van der Waals surface area contributed by atoms with Crippen LogP contribution < -0.4 is 5.32 Å². The lowest BCUT2D eigenvalue weighted by molar-refractivity contribution is -0.119. The van der Waals surface area contributed by atoms with Crippen molar-refractivity contribution >= 4 is 16.9 Å². The summed E-state index contributed by atoms with van der Waals surface area (Å²) < 4.78 is 41.3. The number of nitrogens with zero attached hydrogens (tertiary/aromatic N) is 3. The number of hydrogen-bond donors (Lipinski definition) is 1. The first-order valence-corrected chi connectivity index (χ1v) is 8.67. The molecule has 1 N–H and O–H groups in total. The Kier molecular flexibility index (Phi) is 4.55. The number of aromatic nitrogens is 3. The Bertz CT molecular complexity index is 1000. The van der Waals surface area contributed by atoms with Crippen LogP contribution in [0, 0.1) is 11.7 Å². The average Bonchev–Trinajstić information content (AvgIpc) is 3.25. The maximum atomic E-state index is 13.5. The van der Waals surface area contributed by atoms with Gasteiger partial charge in [-0.25, -0.2) is 13.2 Å². The molecular formula is C19H17F3N4O. The van der Waals surface area contributed by atoms with Gasteiger partial charge in [0.05, 0.1) is 17.3 Å². The molecule has 1 atom stereocenters. The summed E-state index contributed by atoms with van der Waals surface area (Å²) in [6.45, 7) is 1.30. The lowest BCUT2D eigenvalue weighted by Gasteiger charge is -2.09. The van der Waals surface area contributed by atoms with E-state index in [1.807, 2.05) is 6.07 Å². The van der Waals surface area contributed by atoms with Gasteiger partial charge in [-0.3, -0.25) is 14.5 Å². The zero-order valence-electron chi connectivity index (χ0n) is 14.3. The van der Waals surface area contributed by atoms with Gasteiger partial charge in [0, 0.05) is 31.3 Å². The van der Waals surface area contributed by atoms with Crippen LogP contribution in [-0.2, 0) is 11.3 Å². The smallest absolute Gasteiger partial charge is 0.266 e. The third-order valence-corrected chi connectivity index (χ3v) is 4.87. The molecule has 3 aromatic rings. The van der Waals surface area contributed by atoms with Gasteiger partial charge in [0.2, 0.25) is 5.91 Å². The number of fused-ring (bicyclic) bond motifs is 1. The van der Waals surface area contributed by atoms with Crippen molar-refractivity contribution < 1.29 is 18.0 Å². The average molecular weight is 374 g/mol. The van der Waals surface area contributed by atoms with Gasteiger partial charge >= 0.3 is 0 Å². The van der Waals surface area contributed by atoms with E-state index in [2.05, 4.69) is 15.4 Å². The van der Waals surface area contributed by atoms with Crippen molar-refractivity contribution in [1.82, 2.24) is 20.1 Å². The fraction of sp³-hybridized carbons (Fsp3) is 0.316. The van der Waals surface area contributed by atoms with E-state index in [0.717, 1.165) is 24.1 Å². The van der Waals surface area contributed by atoms with E-state index in [1.54, 1.807) is 17.1 Å². The molecule has 1 aliphatic heterocycles. The number of benzene rings is 1. The van der Waals surface area contributed by atoms with Crippen LogP contribution in [0.1, 0.15) is 24.8 Å². The van der Waals surface area contributed by atoms with Crippen molar-refractivity contribution in [3.8, 4) is 11.1 Å². The second kappa shape index (κ2) is 7.02. The molecule has 1 aromatic carbocycles. The molecule has 4 rings (SSSR count). The van der Waals surface area contributed by atoms with Crippen molar-refractivity contribution in [2.24, 2.45) is 5.92 Å². The van der Waals surface area contributed by atoms with Crippen molar-refractivity contribution in [3.05, 3.63) is 48.0 Å². The summed E-state index contributed by atoms with van der Waals surface area (Å²) in [5.74, 6) is -0.577. The minimum absolute atomic E-state index is 0.0698. The maximum Gasteiger partial charge on any atom is 0.266 e. The highest BCUT2D eigenvalue weighted by Gasteiger charge is 2.21. The molecule has 5 nitrogen and oxygen atoms in total. The molecule has 1 aliphatic rings. The monoisotopic (exact) mass is 374 g/mol. The number of halogens is 3. The number of carbonyl (C=O) groups is 1. The van der Waals surface area contributed by atoms with E-state index in [-0.39, 0.29) is 11.8 Å². The fourth-order valence-corrected chi connectivity index (χ4v) is 3.36. The van der Waals surface area contributed by atoms with Gasteiger partial charge in [0.1, 0.15) is 11.3 Å². The Morgan fingerprint density at radius 1 is 1.22 bits per heavy atom. The summed E-state index contributed by atoms with van der Waals surface area (Å²) in [4.78, 5) is 15.6. The molecule has 0 spiro atoms. The first-order valence-electron chi connectivity index (χ1n) is 8.67. The van der Waals surface area contributed by atoms with Crippen LogP contribution in [0.3, 0.4) is 0 Å². The van der Waals surface area contributed by atoms with Gasteiger partial charge in [-0.2, -0.15) is 5.10 Å². The molecule has 0 bridgehead atoms. The molecular weight excluding hydrogens is 357 g/mol. The van der Waals surface area contributed by atoms with Crippen molar-refractivity contribution in [3.63, 3.8) is 0 Å². The highest BCUT2D eigenvalue weighted by atomic mass is 19.3. The topological polar surface area (TPSA) is 59.8 Å². The van der Waals surface area contributed by atoms with Gasteiger partial charge in [0.25, 0.3) is 6.43 Å². The molecule has 1 fully saturated rings. The first kappa shape index (κ1) is 17.5. The highest BCUT2D eigenvalue weighted by Crippen LogP contribution is 2.29. The molecule has 0 radical (unpaired) electrons. The van der Waals surface area contributed by atoms with Crippen LogP contribution in [0.2, 0.25) is 0 Å². The highest BCUT2D eigenvalue weighted by molar-refractivity contribution is 5.80. The summed E-state index contributed by atoms with van der Waals surface area (Å²) in [5.41, 5.74) is 1.92. The molecule has 0 aliphatic carbocycles. The second-order valence-corrected chi connectivity index (χ2v) is 6.70. The molecule has 3 heterocycles. The van der Waals surface area contributed by atoms with Crippen LogP contribution in [-0.4, -0.2) is 27.2 Å². The molecule has 27 heavy (non-hydrogen) atoms. The van der Waals surface area contributed by atoms with Gasteiger partial charge in [0.15, 0.2) is 0 Å². The normalized spacial score (nSPS) is 17.0. The number of pyridine rings is 1. The fourth-order valence-electron chi connectivity index (χ4n) is 3.36. The molecule has 1 saturated heterocycles. The number of amides is 1. The summed E-state index contributed by atoms with van der Waals surface area (Å²) in [5, 5.41) is 7.15. The lowest BCUT2D eigenvalue weighted by Crippen LogP contribution is -2.14. The zero-order valence-corrected chi connectivity index (χ0v) is 14.3. The van der Waals surface area contributed by atoms with E-state index in [0.29, 0.717) is 36.2 Å². The predicted molar refractivity (Wildman–Crippen MR) is 93.6 cm³/mol. The second-order valence-electron chi connectivity index (χ2n) is 6.70. The summed E-state index contributed by atoms with van der Waals surface area (Å²) >= 11 is 0. The largest absolute Gasteiger partial charge is 0.356 e. The Hall–Kier alpha value is -2.90. The van der Waals surface area contributed by atoms with E-state index in [9.17, 15) is 18.0 Å². The van der Waals surface area contributed by atoms with Crippen molar-refractivity contribution in [2.75, 3.05) is 6.54 Å². The third kappa shape index (κ3) is 3.51. The van der Waals surface area contributed by atoms with Crippen LogP contribution in [0.4, 0.5) is 13.2 Å². The van der Waals surface area contributed by atoms with Gasteiger partial charge in [-0.1, -0.05) is 6.07 Å². The summed E-state index contributed by atoms with van der Waals surface area (Å²) in [6.07, 6.45) is 1.65. The number of hydrogen-bond acceptors (Lipinski definition) is 3. The third-order valence-electron chi connectivity index (χ3n) is 4.87. The minimum Gasteiger partial charge on any atom is -0.356 e. The SMILES string of the molecule is O=C1C[C@@H](CCn2ncc3ncc(-c4ccc(F)c(C(F)F)c4)cc32)CN1. The number of nitrogens with one attached hydrogen (secondary N) is 1. The van der Waals surface area contributed by atoms with Gasteiger partial charge in [-0.15, -0.1) is 0 Å². The minimum atomic E-state index is -2.88. The first-order chi connectivity index (χ1) is 13.0. The molecule has 1 amide bonds. The van der Waals surface area contributed by atoms with Crippen LogP contribution in [0.25, 0.3) is 22.2 Å². The van der Waals surface area contributed by atoms with Crippen LogP contribution in [0.5, 0.6) is 0 Å². The number of rotatable bonds is 5. The van der Waals surface area contributed by atoms with E-state index in [4.69, 9.17) is 0 Å². The lowest BCUT2D eigenvalue weighted by atomic mass is 10.0. The summed E-state index contributed by atoms with van der Waals surface area (Å²) in [7, 11) is 0. The zero-order chi connectivity index (χ0) is 19.0. The standard InChI is InChI=1S/C19H17F3N4O/c20-15-2-1-12(6-14(15)19(21)22)13-7-17-16(23-9-13)10-25-26(17)4-3-11-5-18(27)24-8-11/h1-2,6-7,9-11,19H,3-5,8H2,(H,24,27)/t11-/m1/s1. The predicted octanol–water partition coefficient (Wildman–Crippen LogP) is 3.70. The van der Waals surface area contributed by atoms with E-state index < -0.39 is 17.8 Å². The number of aryl methyl sites for hydroxylation is 1. The van der Waals surface area contributed by atoms with Gasteiger partial charge < -0.3 is 5.32 Å². The van der Waals surface area contributed by atoms with Gasteiger partial charge in [-0.05, 0) is 36.1 Å². The quantitative estimate of drug-likeness (QED) is 0.741. The number of alkyl halides is 2. The Morgan fingerprint density at radius 3 is 2.81 bits per heavy atom. The molecule has 8 heteroatoms. The van der Waals surface area contributed by atoms with Crippen molar-refractivity contribution in [2.45, 2.75) is 25.8 Å². The molecule has 2 aromatic heterocycles. The summed E-state index contributed by atoms with van der Waals surface area (Å²) in [6, 6.07) is 5.47.